The Bertz CT molecular complexity index is 833. The van der Waals surface area contributed by atoms with E-state index in [2.05, 4.69) is 20.8 Å². The standard InChI is InChI=1S/C22H24O4/c1-21(2,3)17-11-19-16(18(24)12-22(4,14-23)26-19)10-20(17)25-13-15-8-6-5-7-9-15/h5-11,14H,12-13H2,1-4H3. The molecule has 1 unspecified atom stereocenters. The fraction of sp³-hybridized carbons (Fsp3) is 0.364. The molecule has 0 aromatic heterocycles. The van der Waals surface area contributed by atoms with Gasteiger partial charge in [0.15, 0.2) is 17.7 Å². The second-order valence-corrected chi connectivity index (χ2v) is 8.00. The van der Waals surface area contributed by atoms with Gasteiger partial charge >= 0.3 is 0 Å². The molecule has 0 N–H and O–H groups in total. The van der Waals surface area contributed by atoms with E-state index in [0.717, 1.165) is 11.1 Å². The Balaban J connectivity index is 2.00. The number of ether oxygens (including phenoxy) is 2. The third-order valence-corrected chi connectivity index (χ3v) is 4.53. The smallest absolute Gasteiger partial charge is 0.171 e. The van der Waals surface area contributed by atoms with E-state index in [1.807, 2.05) is 36.4 Å². The number of rotatable bonds is 4. The monoisotopic (exact) mass is 352 g/mol. The number of benzene rings is 2. The minimum atomic E-state index is -1.11. The van der Waals surface area contributed by atoms with Crippen LogP contribution in [0.2, 0.25) is 0 Å². The number of hydrogen-bond donors (Lipinski definition) is 0. The molecule has 0 radical (unpaired) electrons. The highest BCUT2D eigenvalue weighted by molar-refractivity contribution is 6.02. The summed E-state index contributed by atoms with van der Waals surface area (Å²) >= 11 is 0. The van der Waals surface area contributed by atoms with Gasteiger partial charge in [-0.2, -0.15) is 0 Å². The lowest BCUT2D eigenvalue weighted by molar-refractivity contribution is -0.120. The van der Waals surface area contributed by atoms with Gasteiger partial charge in [0.05, 0.1) is 12.0 Å². The van der Waals surface area contributed by atoms with Crippen LogP contribution >= 0.6 is 0 Å². The van der Waals surface area contributed by atoms with Gasteiger partial charge in [0.25, 0.3) is 0 Å². The maximum atomic E-state index is 12.6. The average Bonchev–Trinajstić information content (AvgIpc) is 2.59. The summed E-state index contributed by atoms with van der Waals surface area (Å²) in [5.74, 6) is 1.02. The molecule has 0 aliphatic carbocycles. The van der Waals surface area contributed by atoms with Gasteiger partial charge in [0.1, 0.15) is 18.1 Å². The van der Waals surface area contributed by atoms with Crippen LogP contribution in [0.5, 0.6) is 11.5 Å². The van der Waals surface area contributed by atoms with E-state index >= 15 is 0 Å². The molecule has 1 heterocycles. The van der Waals surface area contributed by atoms with Crippen LogP contribution in [0.1, 0.15) is 55.6 Å². The summed E-state index contributed by atoms with van der Waals surface area (Å²) in [6.45, 7) is 8.29. The van der Waals surface area contributed by atoms with E-state index in [4.69, 9.17) is 9.47 Å². The Labute approximate surface area is 154 Å². The average molecular weight is 352 g/mol. The van der Waals surface area contributed by atoms with Crippen LogP contribution in [-0.4, -0.2) is 17.7 Å². The predicted octanol–water partition coefficient (Wildman–Crippen LogP) is 4.49. The van der Waals surface area contributed by atoms with Crippen molar-refractivity contribution in [2.45, 2.75) is 51.7 Å². The van der Waals surface area contributed by atoms with Crippen molar-refractivity contribution in [3.05, 3.63) is 59.2 Å². The minimum Gasteiger partial charge on any atom is -0.489 e. The molecule has 0 spiro atoms. The lowest BCUT2D eigenvalue weighted by Gasteiger charge is -2.32. The molecule has 0 saturated heterocycles. The van der Waals surface area contributed by atoms with Crippen LogP contribution < -0.4 is 9.47 Å². The molecule has 0 bridgehead atoms. The Kier molecular flexibility index (Phi) is 4.61. The molecule has 2 aromatic rings. The highest BCUT2D eigenvalue weighted by Gasteiger charge is 2.38. The number of fused-ring (bicyclic) bond motifs is 1. The minimum absolute atomic E-state index is 0.0382. The summed E-state index contributed by atoms with van der Waals surface area (Å²) in [6.07, 6.45) is 0.737. The summed E-state index contributed by atoms with van der Waals surface area (Å²) in [5, 5.41) is 0. The maximum Gasteiger partial charge on any atom is 0.171 e. The van der Waals surface area contributed by atoms with Crippen molar-refractivity contribution < 1.29 is 19.1 Å². The van der Waals surface area contributed by atoms with Gasteiger partial charge in [0, 0.05) is 5.56 Å². The fourth-order valence-corrected chi connectivity index (χ4v) is 3.07. The topological polar surface area (TPSA) is 52.6 Å². The van der Waals surface area contributed by atoms with E-state index < -0.39 is 5.60 Å². The van der Waals surface area contributed by atoms with Crippen LogP contribution in [0, 0.1) is 0 Å². The molecule has 0 amide bonds. The summed E-state index contributed by atoms with van der Waals surface area (Å²) in [6, 6.07) is 13.5. The zero-order chi connectivity index (χ0) is 18.9. The van der Waals surface area contributed by atoms with Gasteiger partial charge in [0.2, 0.25) is 0 Å². The zero-order valence-electron chi connectivity index (χ0n) is 15.7. The summed E-state index contributed by atoms with van der Waals surface area (Å²) < 4.78 is 11.9. The maximum absolute atomic E-state index is 12.6. The number of carbonyl (C=O) groups is 2. The molecule has 2 aromatic carbocycles. The first-order valence-corrected chi connectivity index (χ1v) is 8.76. The van der Waals surface area contributed by atoms with Crippen LogP contribution in [0.15, 0.2) is 42.5 Å². The molecule has 0 saturated carbocycles. The molecule has 1 atom stereocenters. The Hall–Kier alpha value is -2.62. The van der Waals surface area contributed by atoms with E-state index in [9.17, 15) is 9.59 Å². The molecular weight excluding hydrogens is 328 g/mol. The molecule has 4 nitrogen and oxygen atoms in total. The number of ketones is 1. The highest BCUT2D eigenvalue weighted by atomic mass is 16.5. The van der Waals surface area contributed by atoms with Gasteiger partial charge in [-0.1, -0.05) is 51.1 Å². The lowest BCUT2D eigenvalue weighted by atomic mass is 9.83. The first-order valence-electron chi connectivity index (χ1n) is 8.76. The van der Waals surface area contributed by atoms with Crippen molar-refractivity contribution in [3.8, 4) is 11.5 Å². The van der Waals surface area contributed by atoms with Gasteiger partial charge < -0.3 is 9.47 Å². The van der Waals surface area contributed by atoms with Crippen molar-refractivity contribution >= 4 is 12.1 Å². The number of hydrogen-bond acceptors (Lipinski definition) is 4. The van der Waals surface area contributed by atoms with Crippen LogP contribution in [-0.2, 0) is 16.8 Å². The SMILES string of the molecule is CC1(C=O)CC(=O)c2cc(OCc3ccccc3)c(C(C)(C)C)cc2O1. The Morgan fingerprint density at radius 1 is 1.19 bits per heavy atom. The van der Waals surface area contributed by atoms with Gasteiger partial charge in [-0.25, -0.2) is 0 Å². The Morgan fingerprint density at radius 3 is 2.50 bits per heavy atom. The second-order valence-electron chi connectivity index (χ2n) is 8.00. The van der Waals surface area contributed by atoms with E-state index in [1.165, 1.54) is 0 Å². The summed E-state index contributed by atoms with van der Waals surface area (Å²) in [5.41, 5.74) is 1.16. The fourth-order valence-electron chi connectivity index (χ4n) is 3.07. The molecule has 0 fully saturated rings. The zero-order valence-corrected chi connectivity index (χ0v) is 15.7. The van der Waals surface area contributed by atoms with Crippen molar-refractivity contribution in [3.63, 3.8) is 0 Å². The van der Waals surface area contributed by atoms with E-state index in [1.54, 1.807) is 13.0 Å². The molecule has 136 valence electrons. The van der Waals surface area contributed by atoms with Crippen molar-refractivity contribution in [2.24, 2.45) is 0 Å². The summed E-state index contributed by atoms with van der Waals surface area (Å²) in [4.78, 5) is 23.9. The number of Topliss-reactive ketones (excluding diaryl/α,β-unsaturated/α-hetero) is 1. The number of aldehydes is 1. The van der Waals surface area contributed by atoms with Gasteiger partial charge in [-0.15, -0.1) is 0 Å². The van der Waals surface area contributed by atoms with Gasteiger partial charge in [-0.05, 0) is 30.0 Å². The summed E-state index contributed by atoms with van der Waals surface area (Å²) in [7, 11) is 0. The third kappa shape index (κ3) is 3.64. The van der Waals surface area contributed by atoms with Crippen LogP contribution in [0.25, 0.3) is 0 Å². The first kappa shape index (κ1) is 18.2. The lowest BCUT2D eigenvalue weighted by Crippen LogP contribution is -2.40. The van der Waals surface area contributed by atoms with Crippen molar-refractivity contribution in [1.29, 1.82) is 0 Å². The first-order chi connectivity index (χ1) is 12.2. The Morgan fingerprint density at radius 2 is 1.88 bits per heavy atom. The largest absolute Gasteiger partial charge is 0.489 e. The third-order valence-electron chi connectivity index (χ3n) is 4.53. The van der Waals surface area contributed by atoms with E-state index in [-0.39, 0.29) is 17.6 Å². The van der Waals surface area contributed by atoms with Gasteiger partial charge in [-0.3, -0.25) is 9.59 Å². The second kappa shape index (κ2) is 6.60. The van der Waals surface area contributed by atoms with Crippen LogP contribution in [0.3, 0.4) is 0 Å². The van der Waals surface area contributed by atoms with Crippen LogP contribution in [0.4, 0.5) is 0 Å². The molecular formula is C22H24O4. The molecule has 1 aliphatic rings. The highest BCUT2D eigenvalue weighted by Crippen LogP contribution is 2.41. The number of carbonyl (C=O) groups excluding carboxylic acids is 2. The molecule has 3 rings (SSSR count). The predicted molar refractivity (Wildman–Crippen MR) is 100.0 cm³/mol. The van der Waals surface area contributed by atoms with Crippen molar-refractivity contribution in [2.75, 3.05) is 0 Å². The molecule has 4 heteroatoms. The quantitative estimate of drug-likeness (QED) is 0.761. The molecule has 1 aliphatic heterocycles. The molecule has 26 heavy (non-hydrogen) atoms. The van der Waals surface area contributed by atoms with E-state index in [0.29, 0.717) is 30.0 Å². The van der Waals surface area contributed by atoms with Crippen molar-refractivity contribution in [1.82, 2.24) is 0 Å². The normalized spacial score (nSPS) is 19.5.